The lowest BCUT2D eigenvalue weighted by molar-refractivity contribution is -0.0521. The number of rotatable bonds is 4. The fourth-order valence-electron chi connectivity index (χ4n) is 1.35. The van der Waals surface area contributed by atoms with Crippen LogP contribution in [0.2, 0.25) is 0 Å². The highest BCUT2D eigenvalue weighted by Crippen LogP contribution is 2.23. The maximum absolute atomic E-state index is 13.4. The van der Waals surface area contributed by atoms with Crippen molar-refractivity contribution < 1.29 is 22.7 Å². The molecule has 0 aliphatic carbocycles. The Hall–Kier alpha value is -2.51. The van der Waals surface area contributed by atoms with Crippen molar-refractivity contribution in [2.75, 3.05) is 5.32 Å². The van der Waals surface area contributed by atoms with Gasteiger partial charge in [0.25, 0.3) is 5.91 Å². The van der Waals surface area contributed by atoms with Crippen molar-refractivity contribution in [2.24, 2.45) is 0 Å². The number of benzene rings is 1. The summed E-state index contributed by atoms with van der Waals surface area (Å²) < 4.78 is 41.2. The molecule has 2 N–H and O–H groups in total. The summed E-state index contributed by atoms with van der Waals surface area (Å²) in [6.07, 6.45) is 2.65. The Kier molecular flexibility index (Phi) is 3.69. The SMILES string of the molecule is O=C(Nc1ccc(OC(F)F)c(F)c1)c1cn[nH]c1. The number of nitrogens with zero attached hydrogens (tertiary/aromatic N) is 1. The van der Waals surface area contributed by atoms with Crippen LogP contribution in [0.5, 0.6) is 5.75 Å². The average Bonchev–Trinajstić information content (AvgIpc) is 2.86. The van der Waals surface area contributed by atoms with E-state index in [1.807, 2.05) is 0 Å². The second-order valence-electron chi connectivity index (χ2n) is 3.46. The van der Waals surface area contributed by atoms with Gasteiger partial charge in [0.2, 0.25) is 0 Å². The fraction of sp³-hybridized carbons (Fsp3) is 0.0909. The van der Waals surface area contributed by atoms with Crippen LogP contribution in [0.15, 0.2) is 30.6 Å². The molecule has 2 rings (SSSR count). The van der Waals surface area contributed by atoms with Gasteiger partial charge in [-0.3, -0.25) is 9.89 Å². The van der Waals surface area contributed by atoms with Gasteiger partial charge in [-0.2, -0.15) is 13.9 Å². The van der Waals surface area contributed by atoms with Crippen molar-refractivity contribution in [3.8, 4) is 5.75 Å². The molecule has 8 heteroatoms. The normalized spacial score (nSPS) is 10.5. The van der Waals surface area contributed by atoms with E-state index in [1.165, 1.54) is 18.5 Å². The van der Waals surface area contributed by atoms with E-state index in [-0.39, 0.29) is 11.3 Å². The first-order chi connectivity index (χ1) is 9.06. The van der Waals surface area contributed by atoms with Crippen LogP contribution < -0.4 is 10.1 Å². The monoisotopic (exact) mass is 271 g/mol. The summed E-state index contributed by atoms with van der Waals surface area (Å²) in [6.45, 7) is -3.11. The van der Waals surface area contributed by atoms with Crippen LogP contribution in [0.4, 0.5) is 18.9 Å². The number of hydrogen-bond donors (Lipinski definition) is 2. The minimum Gasteiger partial charge on any atom is -0.432 e. The van der Waals surface area contributed by atoms with Gasteiger partial charge >= 0.3 is 6.61 Å². The van der Waals surface area contributed by atoms with Crippen LogP contribution in [0.25, 0.3) is 0 Å². The summed E-state index contributed by atoms with van der Waals surface area (Å²) in [5.41, 5.74) is 0.374. The van der Waals surface area contributed by atoms with Crippen molar-refractivity contribution >= 4 is 11.6 Å². The van der Waals surface area contributed by atoms with E-state index >= 15 is 0 Å². The van der Waals surface area contributed by atoms with Crippen LogP contribution in [0, 0.1) is 5.82 Å². The highest BCUT2D eigenvalue weighted by atomic mass is 19.3. The summed E-state index contributed by atoms with van der Waals surface area (Å²) in [4.78, 5) is 11.6. The number of anilines is 1. The fourth-order valence-corrected chi connectivity index (χ4v) is 1.35. The molecule has 0 fully saturated rings. The summed E-state index contributed by atoms with van der Waals surface area (Å²) >= 11 is 0. The molecule has 19 heavy (non-hydrogen) atoms. The highest BCUT2D eigenvalue weighted by Gasteiger charge is 2.12. The van der Waals surface area contributed by atoms with Gasteiger partial charge in [0.05, 0.1) is 11.8 Å². The molecule has 5 nitrogen and oxygen atoms in total. The van der Waals surface area contributed by atoms with Gasteiger partial charge in [-0.25, -0.2) is 4.39 Å². The van der Waals surface area contributed by atoms with Crippen molar-refractivity contribution in [2.45, 2.75) is 6.61 Å². The summed E-state index contributed by atoms with van der Waals surface area (Å²) in [7, 11) is 0. The minimum absolute atomic E-state index is 0.116. The van der Waals surface area contributed by atoms with Gasteiger partial charge < -0.3 is 10.1 Å². The van der Waals surface area contributed by atoms with E-state index < -0.39 is 24.1 Å². The van der Waals surface area contributed by atoms with Gasteiger partial charge in [-0.15, -0.1) is 0 Å². The smallest absolute Gasteiger partial charge is 0.387 e. The molecule has 0 atom stereocenters. The first kappa shape index (κ1) is 12.9. The third-order valence-electron chi connectivity index (χ3n) is 2.17. The molecule has 0 bridgehead atoms. The maximum Gasteiger partial charge on any atom is 0.387 e. The second kappa shape index (κ2) is 5.42. The molecule has 0 spiro atoms. The quantitative estimate of drug-likeness (QED) is 0.897. The molecule has 1 amide bonds. The number of ether oxygens (including phenoxy) is 1. The van der Waals surface area contributed by atoms with Crippen molar-refractivity contribution in [1.82, 2.24) is 10.2 Å². The van der Waals surface area contributed by atoms with Gasteiger partial charge in [-0.1, -0.05) is 0 Å². The molecule has 0 radical (unpaired) electrons. The van der Waals surface area contributed by atoms with E-state index in [0.29, 0.717) is 0 Å². The van der Waals surface area contributed by atoms with Gasteiger partial charge in [0.1, 0.15) is 0 Å². The first-order valence-electron chi connectivity index (χ1n) is 5.11. The zero-order valence-corrected chi connectivity index (χ0v) is 9.36. The standard InChI is InChI=1S/C11H8F3N3O2/c12-8-3-7(1-2-9(8)19-11(13)14)17-10(18)6-4-15-16-5-6/h1-5,11H,(H,15,16)(H,17,18). The molecule has 1 heterocycles. The highest BCUT2D eigenvalue weighted by molar-refractivity contribution is 6.03. The van der Waals surface area contributed by atoms with Crippen LogP contribution in [0.1, 0.15) is 10.4 Å². The van der Waals surface area contributed by atoms with Crippen LogP contribution in [-0.4, -0.2) is 22.7 Å². The number of alkyl halides is 2. The predicted octanol–water partition coefficient (Wildman–Crippen LogP) is 2.40. The van der Waals surface area contributed by atoms with Crippen molar-refractivity contribution in [3.63, 3.8) is 0 Å². The van der Waals surface area contributed by atoms with Gasteiger partial charge in [0.15, 0.2) is 11.6 Å². The zero-order chi connectivity index (χ0) is 13.8. The molecule has 100 valence electrons. The molecule has 0 unspecified atom stereocenters. The largest absolute Gasteiger partial charge is 0.432 e. The Balaban J connectivity index is 2.10. The molecular formula is C11H8F3N3O2. The van der Waals surface area contributed by atoms with Gasteiger partial charge in [0, 0.05) is 18.0 Å². The van der Waals surface area contributed by atoms with Crippen LogP contribution in [-0.2, 0) is 0 Å². The first-order valence-corrected chi connectivity index (χ1v) is 5.11. The molecule has 0 aliphatic rings. The van der Waals surface area contributed by atoms with Crippen molar-refractivity contribution in [1.29, 1.82) is 0 Å². The lowest BCUT2D eigenvalue weighted by Crippen LogP contribution is -2.11. The lowest BCUT2D eigenvalue weighted by atomic mass is 10.2. The Morgan fingerprint density at radius 2 is 2.21 bits per heavy atom. The summed E-state index contributed by atoms with van der Waals surface area (Å²) in [6, 6.07) is 3.14. The van der Waals surface area contributed by atoms with E-state index in [4.69, 9.17) is 0 Å². The number of hydrogen-bond acceptors (Lipinski definition) is 3. The third kappa shape index (κ3) is 3.24. The number of aromatic nitrogens is 2. The minimum atomic E-state index is -3.11. The molecule has 2 aromatic rings. The molecule has 0 saturated heterocycles. The average molecular weight is 271 g/mol. The number of carbonyl (C=O) groups is 1. The lowest BCUT2D eigenvalue weighted by Gasteiger charge is -2.08. The Morgan fingerprint density at radius 1 is 1.42 bits per heavy atom. The van der Waals surface area contributed by atoms with Crippen molar-refractivity contribution in [3.05, 3.63) is 42.0 Å². The van der Waals surface area contributed by atoms with E-state index in [1.54, 1.807) is 0 Å². The summed E-state index contributed by atoms with van der Waals surface area (Å²) in [5.74, 6) is -2.09. The molecule has 1 aromatic heterocycles. The predicted molar refractivity (Wildman–Crippen MR) is 59.6 cm³/mol. The molecule has 0 aliphatic heterocycles. The third-order valence-corrected chi connectivity index (χ3v) is 2.17. The number of carbonyl (C=O) groups excluding carboxylic acids is 1. The molecule has 0 saturated carbocycles. The van der Waals surface area contributed by atoms with E-state index in [0.717, 1.165) is 12.1 Å². The topological polar surface area (TPSA) is 67.0 Å². The van der Waals surface area contributed by atoms with E-state index in [2.05, 4.69) is 20.3 Å². The van der Waals surface area contributed by atoms with Crippen LogP contribution >= 0.6 is 0 Å². The number of H-pyrrole nitrogens is 1. The number of amides is 1. The number of aromatic amines is 1. The molecule has 1 aromatic carbocycles. The Bertz CT molecular complexity index is 573. The number of halogens is 3. The zero-order valence-electron chi connectivity index (χ0n) is 9.36. The second-order valence-corrected chi connectivity index (χ2v) is 3.46. The Morgan fingerprint density at radius 3 is 2.79 bits per heavy atom. The van der Waals surface area contributed by atoms with E-state index in [9.17, 15) is 18.0 Å². The number of nitrogens with one attached hydrogen (secondary N) is 2. The molecular weight excluding hydrogens is 263 g/mol. The summed E-state index contributed by atoms with van der Waals surface area (Å²) in [5, 5.41) is 8.42. The Labute approximate surface area is 105 Å². The van der Waals surface area contributed by atoms with Crippen LogP contribution in [0.3, 0.4) is 0 Å². The maximum atomic E-state index is 13.4. The van der Waals surface area contributed by atoms with Gasteiger partial charge in [-0.05, 0) is 12.1 Å².